The molecule has 1 N–H and O–H groups in total. The van der Waals surface area contributed by atoms with Crippen LogP contribution >= 0.6 is 11.8 Å². The summed E-state index contributed by atoms with van der Waals surface area (Å²) < 4.78 is 1.54. The molecule has 33 heavy (non-hydrogen) atoms. The normalized spacial score (nSPS) is 13.7. The molecule has 0 spiro atoms. The van der Waals surface area contributed by atoms with Crippen molar-refractivity contribution in [2.24, 2.45) is 0 Å². The van der Waals surface area contributed by atoms with E-state index in [1.54, 1.807) is 38.6 Å². The summed E-state index contributed by atoms with van der Waals surface area (Å²) in [6, 6.07) is 16.3. The minimum atomic E-state index is -0.170. The highest BCUT2D eigenvalue weighted by atomic mass is 32.2. The number of nitrogens with zero attached hydrogens (tertiary/aromatic N) is 4. The van der Waals surface area contributed by atoms with Gasteiger partial charge in [0.15, 0.2) is 5.16 Å². The minimum absolute atomic E-state index is 0.0457. The van der Waals surface area contributed by atoms with Crippen molar-refractivity contribution in [1.29, 1.82) is 0 Å². The number of aromatic nitrogens is 2. The first kappa shape index (κ1) is 22.6. The number of urea groups is 1. The summed E-state index contributed by atoms with van der Waals surface area (Å²) in [5, 5.41) is 3.91. The molecule has 2 aromatic carbocycles. The van der Waals surface area contributed by atoms with Gasteiger partial charge in [-0.3, -0.25) is 14.2 Å². The Morgan fingerprint density at radius 3 is 2.39 bits per heavy atom. The molecule has 1 saturated heterocycles. The van der Waals surface area contributed by atoms with Gasteiger partial charge in [0.05, 0.1) is 16.7 Å². The number of rotatable bonds is 6. The zero-order chi connectivity index (χ0) is 23.2. The number of benzene rings is 2. The van der Waals surface area contributed by atoms with Crippen LogP contribution in [0.15, 0.2) is 77.2 Å². The second-order valence-corrected chi connectivity index (χ2v) is 8.51. The van der Waals surface area contributed by atoms with Crippen molar-refractivity contribution in [3.05, 3.63) is 77.6 Å². The van der Waals surface area contributed by atoms with Gasteiger partial charge < -0.3 is 15.1 Å². The predicted octanol–water partition coefficient (Wildman–Crippen LogP) is 3.05. The van der Waals surface area contributed by atoms with Gasteiger partial charge in [-0.1, -0.05) is 48.2 Å². The second-order valence-electron chi connectivity index (χ2n) is 7.57. The Hall–Kier alpha value is -3.59. The molecule has 0 radical (unpaired) electrons. The van der Waals surface area contributed by atoms with Gasteiger partial charge >= 0.3 is 6.03 Å². The Labute approximate surface area is 195 Å². The molecule has 0 saturated carbocycles. The van der Waals surface area contributed by atoms with Crippen molar-refractivity contribution in [2.45, 2.75) is 11.7 Å². The van der Waals surface area contributed by atoms with E-state index in [-0.39, 0.29) is 23.3 Å². The van der Waals surface area contributed by atoms with E-state index in [1.807, 2.05) is 36.4 Å². The van der Waals surface area contributed by atoms with Gasteiger partial charge in [0.1, 0.15) is 0 Å². The van der Waals surface area contributed by atoms with E-state index in [4.69, 9.17) is 0 Å². The van der Waals surface area contributed by atoms with Gasteiger partial charge in [0.2, 0.25) is 5.91 Å². The highest BCUT2D eigenvalue weighted by molar-refractivity contribution is 7.99. The summed E-state index contributed by atoms with van der Waals surface area (Å²) in [4.78, 5) is 46.1. The fourth-order valence-electron chi connectivity index (χ4n) is 3.65. The molecule has 4 rings (SSSR count). The highest BCUT2D eigenvalue weighted by Gasteiger charge is 2.24. The van der Waals surface area contributed by atoms with Crippen LogP contribution in [-0.4, -0.2) is 63.2 Å². The molecule has 0 unspecified atom stereocenters. The first-order chi connectivity index (χ1) is 16.1. The molecule has 1 aromatic heterocycles. The lowest BCUT2D eigenvalue weighted by atomic mass is 10.2. The maximum Gasteiger partial charge on any atom is 0.321 e. The van der Waals surface area contributed by atoms with Crippen LogP contribution in [0.2, 0.25) is 0 Å². The van der Waals surface area contributed by atoms with E-state index in [9.17, 15) is 14.4 Å². The Morgan fingerprint density at radius 1 is 1.00 bits per heavy atom. The lowest BCUT2D eigenvalue weighted by Gasteiger charge is -2.34. The third-order valence-electron chi connectivity index (χ3n) is 5.41. The standard InChI is InChI=1S/C24H25N5O3S/c1-2-12-29-22(31)19-10-6-7-11-20(19)26-24(29)33-17-21(30)27-13-15-28(16-14-27)23(32)25-18-8-4-3-5-9-18/h2-11H,1,12-17H2,(H,25,32). The van der Waals surface area contributed by atoms with E-state index >= 15 is 0 Å². The Morgan fingerprint density at radius 2 is 1.67 bits per heavy atom. The number of thioether (sulfide) groups is 1. The number of para-hydroxylation sites is 2. The van der Waals surface area contributed by atoms with Crippen molar-refractivity contribution in [3.8, 4) is 0 Å². The van der Waals surface area contributed by atoms with Crippen LogP contribution in [0, 0.1) is 0 Å². The van der Waals surface area contributed by atoms with Crippen LogP contribution in [0.25, 0.3) is 10.9 Å². The molecule has 1 aliphatic heterocycles. The number of allylic oxidation sites excluding steroid dienone is 1. The van der Waals surface area contributed by atoms with Crippen molar-refractivity contribution in [3.63, 3.8) is 0 Å². The summed E-state index contributed by atoms with van der Waals surface area (Å²) in [6.07, 6.45) is 1.64. The van der Waals surface area contributed by atoms with Crippen LogP contribution in [0.3, 0.4) is 0 Å². The molecule has 3 amide bonds. The molecule has 8 nitrogen and oxygen atoms in total. The number of fused-ring (bicyclic) bond motifs is 1. The molecule has 2 heterocycles. The number of piperazine rings is 1. The Kier molecular flexibility index (Phi) is 7.09. The SMILES string of the molecule is C=CCn1c(SCC(=O)N2CCN(C(=O)Nc3ccccc3)CC2)nc2ccccc2c1=O. The molecule has 1 fully saturated rings. The summed E-state index contributed by atoms with van der Waals surface area (Å²) in [5.74, 6) is 0.119. The number of carbonyl (C=O) groups excluding carboxylic acids is 2. The third kappa shape index (κ3) is 5.25. The van der Waals surface area contributed by atoms with E-state index in [1.165, 1.54) is 11.8 Å². The highest BCUT2D eigenvalue weighted by Crippen LogP contribution is 2.19. The monoisotopic (exact) mass is 463 g/mol. The molecule has 0 bridgehead atoms. The second kappa shape index (κ2) is 10.4. The topological polar surface area (TPSA) is 87.5 Å². The third-order valence-corrected chi connectivity index (χ3v) is 6.37. The molecule has 9 heteroatoms. The number of amides is 3. The van der Waals surface area contributed by atoms with Crippen LogP contribution in [0.4, 0.5) is 10.5 Å². The summed E-state index contributed by atoms with van der Waals surface area (Å²) in [6.45, 7) is 5.90. The number of carbonyl (C=O) groups is 2. The van der Waals surface area contributed by atoms with Gasteiger partial charge in [-0.25, -0.2) is 9.78 Å². The molecular formula is C24H25N5O3S. The quantitative estimate of drug-likeness (QED) is 0.345. The van der Waals surface area contributed by atoms with Gasteiger partial charge in [0, 0.05) is 38.4 Å². The number of nitrogens with one attached hydrogen (secondary N) is 1. The van der Waals surface area contributed by atoms with Gasteiger partial charge in [-0.05, 0) is 24.3 Å². The van der Waals surface area contributed by atoms with E-state index in [0.717, 1.165) is 5.69 Å². The van der Waals surface area contributed by atoms with Gasteiger partial charge in [-0.15, -0.1) is 6.58 Å². The minimum Gasteiger partial charge on any atom is -0.338 e. The van der Waals surface area contributed by atoms with Gasteiger partial charge in [-0.2, -0.15) is 0 Å². The molecule has 0 atom stereocenters. The van der Waals surface area contributed by atoms with Gasteiger partial charge in [0.25, 0.3) is 5.56 Å². The van der Waals surface area contributed by atoms with Crippen LogP contribution in [-0.2, 0) is 11.3 Å². The Bertz CT molecular complexity index is 1220. The molecule has 170 valence electrons. The van der Waals surface area contributed by atoms with Crippen molar-refractivity contribution < 1.29 is 9.59 Å². The first-order valence-electron chi connectivity index (χ1n) is 10.7. The number of hydrogen-bond acceptors (Lipinski definition) is 5. The maximum absolute atomic E-state index is 12.8. The zero-order valence-electron chi connectivity index (χ0n) is 18.1. The van der Waals surface area contributed by atoms with Crippen LogP contribution < -0.4 is 10.9 Å². The zero-order valence-corrected chi connectivity index (χ0v) is 19.0. The van der Waals surface area contributed by atoms with E-state index in [0.29, 0.717) is 48.8 Å². The van der Waals surface area contributed by atoms with Crippen molar-refractivity contribution in [1.82, 2.24) is 19.4 Å². The first-order valence-corrected chi connectivity index (χ1v) is 11.7. The average molecular weight is 464 g/mol. The Balaban J connectivity index is 1.36. The molecule has 0 aliphatic carbocycles. The fraction of sp³-hybridized carbons (Fsp3) is 0.250. The molecule has 3 aromatic rings. The van der Waals surface area contributed by atoms with Crippen molar-refractivity contribution >= 4 is 40.3 Å². The molecule has 1 aliphatic rings. The maximum atomic E-state index is 12.8. The number of hydrogen-bond donors (Lipinski definition) is 1. The van der Waals surface area contributed by atoms with E-state index < -0.39 is 0 Å². The lowest BCUT2D eigenvalue weighted by molar-refractivity contribution is -0.129. The van der Waals surface area contributed by atoms with Crippen LogP contribution in [0.1, 0.15) is 0 Å². The molecular weight excluding hydrogens is 438 g/mol. The average Bonchev–Trinajstić information content (AvgIpc) is 2.85. The smallest absolute Gasteiger partial charge is 0.321 e. The summed E-state index contributed by atoms with van der Waals surface area (Å²) in [7, 11) is 0. The lowest BCUT2D eigenvalue weighted by Crippen LogP contribution is -2.52. The van der Waals surface area contributed by atoms with Crippen molar-refractivity contribution in [2.75, 3.05) is 37.2 Å². The summed E-state index contributed by atoms with van der Waals surface area (Å²) >= 11 is 1.25. The largest absolute Gasteiger partial charge is 0.338 e. The van der Waals surface area contributed by atoms with E-state index in [2.05, 4.69) is 16.9 Å². The predicted molar refractivity (Wildman–Crippen MR) is 131 cm³/mol. The number of anilines is 1. The fourth-order valence-corrected chi connectivity index (χ4v) is 4.56. The summed E-state index contributed by atoms with van der Waals surface area (Å²) in [5.41, 5.74) is 1.20. The van der Waals surface area contributed by atoms with Crippen LogP contribution in [0.5, 0.6) is 0 Å².